The lowest BCUT2D eigenvalue weighted by molar-refractivity contribution is -0.129. The Kier molecular flexibility index (Phi) is 5.95. The van der Waals surface area contributed by atoms with Gasteiger partial charge in [0.1, 0.15) is 6.61 Å². The van der Waals surface area contributed by atoms with Crippen LogP contribution in [0.4, 0.5) is 0 Å². The van der Waals surface area contributed by atoms with E-state index in [-0.39, 0.29) is 5.70 Å². The molecule has 0 amide bonds. The topological polar surface area (TPSA) is 57.1 Å². The predicted molar refractivity (Wildman–Crippen MR) is 113 cm³/mol. The van der Waals surface area contributed by atoms with Crippen molar-refractivity contribution in [1.29, 1.82) is 0 Å². The van der Waals surface area contributed by atoms with E-state index in [0.717, 1.165) is 20.3 Å². The molecule has 6 heteroatoms. The first kappa shape index (κ1) is 19.2. The number of aliphatic imine (C=N–C) groups is 1. The number of carbonyl (C=O) groups is 1. The van der Waals surface area contributed by atoms with Gasteiger partial charge in [-0.05, 0) is 65.4 Å². The molecule has 0 saturated carbocycles. The Morgan fingerprint density at radius 3 is 2.81 bits per heavy atom. The molecule has 27 heavy (non-hydrogen) atoms. The lowest BCUT2D eigenvalue weighted by Crippen LogP contribution is -2.05. The van der Waals surface area contributed by atoms with Crippen LogP contribution in [0.2, 0.25) is 0 Å². The summed E-state index contributed by atoms with van der Waals surface area (Å²) in [6.45, 7) is 6.00. The zero-order valence-electron chi connectivity index (χ0n) is 15.0. The molecule has 138 valence electrons. The molecule has 2 aromatic carbocycles. The smallest absolute Gasteiger partial charge is 0.363 e. The van der Waals surface area contributed by atoms with Crippen molar-refractivity contribution in [1.82, 2.24) is 0 Å². The molecule has 0 fully saturated rings. The number of methoxy groups -OCH3 is 1. The third-order valence-corrected chi connectivity index (χ3v) is 4.59. The van der Waals surface area contributed by atoms with Crippen LogP contribution in [0.25, 0.3) is 6.08 Å². The number of esters is 1. The van der Waals surface area contributed by atoms with E-state index >= 15 is 0 Å². The number of nitrogens with zero attached hydrogens (tertiary/aromatic N) is 1. The third-order valence-electron chi connectivity index (χ3n) is 3.79. The molecule has 1 heterocycles. The van der Waals surface area contributed by atoms with Crippen LogP contribution in [0.3, 0.4) is 0 Å². The number of ether oxygens (including phenoxy) is 3. The Balaban J connectivity index is 1.95. The van der Waals surface area contributed by atoms with E-state index < -0.39 is 5.97 Å². The van der Waals surface area contributed by atoms with Crippen molar-refractivity contribution >= 4 is 40.5 Å². The average molecular weight is 475 g/mol. The van der Waals surface area contributed by atoms with Crippen molar-refractivity contribution in [2.24, 2.45) is 4.99 Å². The third kappa shape index (κ3) is 4.39. The van der Waals surface area contributed by atoms with Crippen molar-refractivity contribution in [2.75, 3.05) is 13.7 Å². The highest BCUT2D eigenvalue weighted by Gasteiger charge is 2.24. The fraction of sp³-hybridized carbons (Fsp3) is 0.143. The number of halogens is 1. The van der Waals surface area contributed by atoms with Gasteiger partial charge >= 0.3 is 5.97 Å². The molecule has 0 spiro atoms. The standard InChI is InChI=1S/C21H18INO4/c1-4-8-26-19-16(22)10-14(12-18(19)25-3)11-17-21(24)27-20(23-17)15-7-5-6-13(2)9-15/h4-7,9-12H,1,8H2,2-3H3/b17-11-. The van der Waals surface area contributed by atoms with E-state index in [1.165, 1.54) is 0 Å². The molecule has 1 aliphatic heterocycles. The molecule has 5 nitrogen and oxygen atoms in total. The van der Waals surface area contributed by atoms with Gasteiger partial charge in [-0.25, -0.2) is 9.79 Å². The minimum atomic E-state index is -0.479. The van der Waals surface area contributed by atoms with Crippen molar-refractivity contribution in [3.63, 3.8) is 0 Å². The minimum absolute atomic E-state index is 0.240. The van der Waals surface area contributed by atoms with Crippen LogP contribution in [-0.2, 0) is 9.53 Å². The molecule has 0 atom stereocenters. The van der Waals surface area contributed by atoms with E-state index in [4.69, 9.17) is 14.2 Å². The van der Waals surface area contributed by atoms with Crippen LogP contribution in [-0.4, -0.2) is 25.6 Å². The van der Waals surface area contributed by atoms with Gasteiger partial charge in [0.15, 0.2) is 17.2 Å². The van der Waals surface area contributed by atoms with Gasteiger partial charge in [-0.15, -0.1) is 0 Å². The molecular formula is C21H18INO4. The zero-order chi connectivity index (χ0) is 19.4. The number of hydrogen-bond acceptors (Lipinski definition) is 5. The van der Waals surface area contributed by atoms with E-state index in [1.807, 2.05) is 37.3 Å². The molecule has 0 unspecified atom stereocenters. The first-order valence-electron chi connectivity index (χ1n) is 8.22. The second-order valence-corrected chi connectivity index (χ2v) is 7.00. The zero-order valence-corrected chi connectivity index (χ0v) is 17.1. The summed E-state index contributed by atoms with van der Waals surface area (Å²) >= 11 is 2.16. The Hall–Kier alpha value is -2.61. The van der Waals surface area contributed by atoms with Crippen LogP contribution >= 0.6 is 22.6 Å². The van der Waals surface area contributed by atoms with Crippen LogP contribution < -0.4 is 9.47 Å². The summed E-state index contributed by atoms with van der Waals surface area (Å²) in [6.07, 6.45) is 3.34. The van der Waals surface area contributed by atoms with Crippen molar-refractivity contribution in [3.05, 3.63) is 75.0 Å². The van der Waals surface area contributed by atoms with Gasteiger partial charge in [0.2, 0.25) is 5.90 Å². The lowest BCUT2D eigenvalue weighted by atomic mass is 10.1. The highest BCUT2D eigenvalue weighted by molar-refractivity contribution is 14.1. The molecular weight excluding hydrogens is 457 g/mol. The normalized spacial score (nSPS) is 14.7. The number of carbonyl (C=O) groups excluding carboxylic acids is 1. The van der Waals surface area contributed by atoms with Gasteiger partial charge in [-0.3, -0.25) is 0 Å². The predicted octanol–water partition coefficient (Wildman–Crippen LogP) is 4.52. The van der Waals surface area contributed by atoms with Gasteiger partial charge in [0.05, 0.1) is 10.7 Å². The summed E-state index contributed by atoms with van der Waals surface area (Å²) in [5.41, 5.74) is 2.85. The quantitative estimate of drug-likeness (QED) is 0.267. The molecule has 0 saturated heterocycles. The number of aryl methyl sites for hydroxylation is 1. The number of rotatable bonds is 6. The second-order valence-electron chi connectivity index (χ2n) is 5.84. The van der Waals surface area contributed by atoms with Gasteiger partial charge < -0.3 is 14.2 Å². The van der Waals surface area contributed by atoms with Crippen molar-refractivity contribution < 1.29 is 19.0 Å². The summed E-state index contributed by atoms with van der Waals surface area (Å²) < 4.78 is 17.2. The maximum absolute atomic E-state index is 12.2. The highest BCUT2D eigenvalue weighted by Crippen LogP contribution is 2.35. The monoisotopic (exact) mass is 475 g/mol. The Bertz CT molecular complexity index is 963. The van der Waals surface area contributed by atoms with Crippen LogP contribution in [0.15, 0.2) is 59.7 Å². The molecule has 2 aromatic rings. The molecule has 0 radical (unpaired) electrons. The Labute approximate surface area is 171 Å². The molecule has 0 aromatic heterocycles. The summed E-state index contributed by atoms with van der Waals surface area (Å²) in [5.74, 6) is 1.04. The van der Waals surface area contributed by atoms with Crippen LogP contribution in [0.5, 0.6) is 11.5 Å². The van der Waals surface area contributed by atoms with Gasteiger partial charge in [-0.1, -0.05) is 30.4 Å². The average Bonchev–Trinajstić information content (AvgIpc) is 3.01. The number of hydrogen-bond donors (Lipinski definition) is 0. The first-order valence-corrected chi connectivity index (χ1v) is 9.30. The molecule has 0 aliphatic carbocycles. The maximum Gasteiger partial charge on any atom is 0.363 e. The largest absolute Gasteiger partial charge is 0.493 e. The van der Waals surface area contributed by atoms with Crippen LogP contribution in [0.1, 0.15) is 16.7 Å². The molecule has 3 rings (SSSR count). The van der Waals surface area contributed by atoms with Gasteiger partial charge in [0.25, 0.3) is 0 Å². The maximum atomic E-state index is 12.2. The molecule has 1 aliphatic rings. The van der Waals surface area contributed by atoms with Crippen LogP contribution in [0, 0.1) is 10.5 Å². The van der Waals surface area contributed by atoms with E-state index in [2.05, 4.69) is 34.2 Å². The van der Waals surface area contributed by atoms with Gasteiger partial charge in [-0.2, -0.15) is 0 Å². The molecule has 0 N–H and O–H groups in total. The van der Waals surface area contributed by atoms with E-state index in [1.54, 1.807) is 25.3 Å². The molecule has 0 bridgehead atoms. The first-order chi connectivity index (χ1) is 13.0. The fourth-order valence-corrected chi connectivity index (χ4v) is 3.36. The SMILES string of the molecule is C=CCOc1c(I)cc(/C=C2\N=C(c3cccc(C)c3)OC2=O)cc1OC. The second kappa shape index (κ2) is 8.39. The summed E-state index contributed by atoms with van der Waals surface area (Å²) in [4.78, 5) is 16.6. The lowest BCUT2D eigenvalue weighted by Gasteiger charge is -2.12. The van der Waals surface area contributed by atoms with Crippen molar-refractivity contribution in [2.45, 2.75) is 6.92 Å². The van der Waals surface area contributed by atoms with Gasteiger partial charge in [0, 0.05) is 5.56 Å². The van der Waals surface area contributed by atoms with E-state index in [0.29, 0.717) is 24.0 Å². The number of cyclic esters (lactones) is 1. The summed E-state index contributed by atoms with van der Waals surface area (Å²) in [6, 6.07) is 11.3. The number of benzene rings is 2. The summed E-state index contributed by atoms with van der Waals surface area (Å²) in [7, 11) is 1.57. The Morgan fingerprint density at radius 2 is 2.11 bits per heavy atom. The summed E-state index contributed by atoms with van der Waals surface area (Å²) in [5, 5.41) is 0. The highest BCUT2D eigenvalue weighted by atomic mass is 127. The van der Waals surface area contributed by atoms with E-state index in [9.17, 15) is 4.79 Å². The Morgan fingerprint density at radius 1 is 1.30 bits per heavy atom. The minimum Gasteiger partial charge on any atom is -0.493 e. The fourth-order valence-electron chi connectivity index (χ4n) is 2.57. The van der Waals surface area contributed by atoms with Crippen molar-refractivity contribution in [3.8, 4) is 11.5 Å².